The largest absolute Gasteiger partial charge is 0.207 e. The van der Waals surface area contributed by atoms with Gasteiger partial charge in [-0.1, -0.05) is 19.9 Å². The molecule has 0 bridgehead atoms. The van der Waals surface area contributed by atoms with Crippen LogP contribution in [0.3, 0.4) is 0 Å². The van der Waals surface area contributed by atoms with Crippen LogP contribution in [-0.4, -0.2) is 0 Å². The zero-order valence-corrected chi connectivity index (χ0v) is 8.60. The summed E-state index contributed by atoms with van der Waals surface area (Å²) < 4.78 is 12.9. The highest BCUT2D eigenvalue weighted by Gasteiger charge is 2.01. The molecule has 0 aromatic heterocycles. The topological polar surface area (TPSA) is 0 Å². The molecule has 1 aromatic carbocycles. The molecule has 0 saturated heterocycles. The molecule has 0 aliphatic heterocycles. The predicted molar refractivity (Wildman–Crippen MR) is 54.3 cm³/mol. The Morgan fingerprint density at radius 3 is 2.62 bits per heavy atom. The van der Waals surface area contributed by atoms with Crippen molar-refractivity contribution in [1.82, 2.24) is 0 Å². The highest BCUT2D eigenvalue weighted by atomic mass is 19.1. The van der Waals surface area contributed by atoms with E-state index in [2.05, 4.69) is 13.8 Å². The number of aryl methyl sites for hydroxylation is 2. The lowest BCUT2D eigenvalue weighted by atomic mass is 9.99. The van der Waals surface area contributed by atoms with Crippen LogP contribution in [0, 0.1) is 18.7 Å². The van der Waals surface area contributed by atoms with Gasteiger partial charge in [0.25, 0.3) is 0 Å². The van der Waals surface area contributed by atoms with Crippen LogP contribution in [-0.2, 0) is 6.42 Å². The van der Waals surface area contributed by atoms with Crippen molar-refractivity contribution in [3.05, 3.63) is 35.1 Å². The number of halogens is 1. The van der Waals surface area contributed by atoms with Crippen molar-refractivity contribution in [2.75, 3.05) is 0 Å². The Kier molecular flexibility index (Phi) is 3.47. The molecule has 0 aliphatic carbocycles. The Hall–Kier alpha value is -0.850. The molecule has 1 heteroatoms. The van der Waals surface area contributed by atoms with Gasteiger partial charge in [0, 0.05) is 0 Å². The zero-order chi connectivity index (χ0) is 9.84. The minimum atomic E-state index is -0.121. The first-order valence-corrected chi connectivity index (χ1v) is 4.84. The van der Waals surface area contributed by atoms with Gasteiger partial charge in [0.15, 0.2) is 0 Å². The number of hydrogen-bond donors (Lipinski definition) is 0. The van der Waals surface area contributed by atoms with Gasteiger partial charge in [-0.2, -0.15) is 0 Å². The Bertz CT molecular complexity index is 276. The lowest BCUT2D eigenvalue weighted by Gasteiger charge is -2.07. The third kappa shape index (κ3) is 3.17. The van der Waals surface area contributed by atoms with Crippen molar-refractivity contribution in [2.45, 2.75) is 33.6 Å². The van der Waals surface area contributed by atoms with Gasteiger partial charge in [0.1, 0.15) is 5.82 Å². The molecule has 1 aromatic rings. The second-order valence-corrected chi connectivity index (χ2v) is 4.00. The van der Waals surface area contributed by atoms with Crippen LogP contribution in [0.15, 0.2) is 18.2 Å². The molecule has 0 saturated carbocycles. The van der Waals surface area contributed by atoms with Gasteiger partial charge >= 0.3 is 0 Å². The van der Waals surface area contributed by atoms with E-state index < -0.39 is 0 Å². The van der Waals surface area contributed by atoms with Crippen LogP contribution < -0.4 is 0 Å². The summed E-state index contributed by atoms with van der Waals surface area (Å²) in [6.45, 7) is 6.42. The third-order valence-electron chi connectivity index (χ3n) is 2.30. The molecule has 0 nitrogen and oxygen atoms in total. The molecular weight excluding hydrogens is 163 g/mol. The van der Waals surface area contributed by atoms with E-state index in [1.165, 1.54) is 11.6 Å². The molecule has 72 valence electrons. The summed E-state index contributed by atoms with van der Waals surface area (Å²) in [5.74, 6) is 0.562. The third-order valence-corrected chi connectivity index (χ3v) is 2.30. The van der Waals surface area contributed by atoms with Gasteiger partial charge in [0.05, 0.1) is 0 Å². The fourth-order valence-corrected chi connectivity index (χ4v) is 1.35. The van der Waals surface area contributed by atoms with Crippen molar-refractivity contribution in [3.63, 3.8) is 0 Å². The second-order valence-electron chi connectivity index (χ2n) is 4.00. The van der Waals surface area contributed by atoms with Crippen LogP contribution in [0.1, 0.15) is 31.4 Å². The normalized spacial score (nSPS) is 10.8. The fourth-order valence-electron chi connectivity index (χ4n) is 1.35. The lowest BCUT2D eigenvalue weighted by Crippen LogP contribution is -1.95. The van der Waals surface area contributed by atoms with Gasteiger partial charge in [0.2, 0.25) is 0 Å². The molecule has 0 atom stereocenters. The first-order valence-electron chi connectivity index (χ1n) is 4.84. The minimum absolute atomic E-state index is 0.121. The monoisotopic (exact) mass is 180 g/mol. The molecule has 13 heavy (non-hydrogen) atoms. The van der Waals surface area contributed by atoms with Crippen molar-refractivity contribution in [2.24, 2.45) is 5.92 Å². The molecule has 0 amide bonds. The van der Waals surface area contributed by atoms with E-state index in [1.807, 2.05) is 13.0 Å². The Labute approximate surface area is 79.8 Å². The maximum Gasteiger partial charge on any atom is 0.123 e. The standard InChI is InChI=1S/C12H17F/c1-9(2)4-6-11-8-12(13)7-5-10(11)3/h5,7-9H,4,6H2,1-3H3. The summed E-state index contributed by atoms with van der Waals surface area (Å²) in [7, 11) is 0. The predicted octanol–water partition coefficient (Wildman–Crippen LogP) is 3.72. The first kappa shape index (κ1) is 10.2. The average Bonchev–Trinajstić information content (AvgIpc) is 2.06. The van der Waals surface area contributed by atoms with Gasteiger partial charge < -0.3 is 0 Å². The molecule has 0 fully saturated rings. The highest BCUT2D eigenvalue weighted by Crippen LogP contribution is 2.14. The minimum Gasteiger partial charge on any atom is -0.207 e. The van der Waals surface area contributed by atoms with Gasteiger partial charge in [-0.05, 0) is 48.9 Å². The van der Waals surface area contributed by atoms with Crippen LogP contribution in [0.5, 0.6) is 0 Å². The molecule has 0 unspecified atom stereocenters. The second kappa shape index (κ2) is 4.40. The van der Waals surface area contributed by atoms with E-state index in [9.17, 15) is 4.39 Å². The van der Waals surface area contributed by atoms with E-state index in [0.717, 1.165) is 18.4 Å². The van der Waals surface area contributed by atoms with Crippen molar-refractivity contribution in [1.29, 1.82) is 0 Å². The van der Waals surface area contributed by atoms with Crippen LogP contribution in [0.4, 0.5) is 4.39 Å². The Morgan fingerprint density at radius 2 is 2.00 bits per heavy atom. The summed E-state index contributed by atoms with van der Waals surface area (Å²) in [6.07, 6.45) is 2.12. The molecule has 1 rings (SSSR count). The average molecular weight is 180 g/mol. The van der Waals surface area contributed by atoms with E-state index in [1.54, 1.807) is 6.07 Å². The molecule has 0 radical (unpaired) electrons. The maximum absolute atomic E-state index is 12.9. The molecule has 0 spiro atoms. The van der Waals surface area contributed by atoms with Gasteiger partial charge in [-0.15, -0.1) is 0 Å². The summed E-state index contributed by atoms with van der Waals surface area (Å²) in [5, 5.41) is 0. The molecule has 0 aliphatic rings. The van der Waals surface area contributed by atoms with Gasteiger partial charge in [-0.3, -0.25) is 0 Å². The molecule has 0 heterocycles. The van der Waals surface area contributed by atoms with E-state index in [0.29, 0.717) is 5.92 Å². The first-order chi connectivity index (χ1) is 6.09. The van der Waals surface area contributed by atoms with Crippen LogP contribution in [0.25, 0.3) is 0 Å². The smallest absolute Gasteiger partial charge is 0.123 e. The SMILES string of the molecule is Cc1ccc(F)cc1CCC(C)C. The summed E-state index contributed by atoms with van der Waals surface area (Å²) in [6, 6.07) is 5.02. The highest BCUT2D eigenvalue weighted by molar-refractivity contribution is 5.26. The summed E-state index contributed by atoms with van der Waals surface area (Å²) in [4.78, 5) is 0. The lowest BCUT2D eigenvalue weighted by molar-refractivity contribution is 0.580. The van der Waals surface area contributed by atoms with Crippen LogP contribution >= 0.6 is 0 Å². The van der Waals surface area contributed by atoms with E-state index >= 15 is 0 Å². The summed E-state index contributed by atoms with van der Waals surface area (Å²) in [5.41, 5.74) is 2.34. The van der Waals surface area contributed by atoms with Crippen molar-refractivity contribution >= 4 is 0 Å². The fraction of sp³-hybridized carbons (Fsp3) is 0.500. The van der Waals surface area contributed by atoms with E-state index in [-0.39, 0.29) is 5.82 Å². The summed E-state index contributed by atoms with van der Waals surface area (Å²) >= 11 is 0. The number of hydrogen-bond acceptors (Lipinski definition) is 0. The Balaban J connectivity index is 2.70. The zero-order valence-electron chi connectivity index (χ0n) is 8.60. The molecule has 0 N–H and O–H groups in total. The number of benzene rings is 1. The van der Waals surface area contributed by atoms with Crippen molar-refractivity contribution < 1.29 is 4.39 Å². The van der Waals surface area contributed by atoms with E-state index in [4.69, 9.17) is 0 Å². The maximum atomic E-state index is 12.9. The Morgan fingerprint density at radius 1 is 1.31 bits per heavy atom. The van der Waals surface area contributed by atoms with Crippen molar-refractivity contribution in [3.8, 4) is 0 Å². The quantitative estimate of drug-likeness (QED) is 0.665. The van der Waals surface area contributed by atoms with Gasteiger partial charge in [-0.25, -0.2) is 4.39 Å². The molecular formula is C12H17F. The van der Waals surface area contributed by atoms with Crippen LogP contribution in [0.2, 0.25) is 0 Å². The number of rotatable bonds is 3.